The topological polar surface area (TPSA) is 20.2 Å². The van der Waals surface area contributed by atoms with Crippen molar-refractivity contribution in [3.63, 3.8) is 0 Å². The second-order valence-corrected chi connectivity index (χ2v) is 4.75. The van der Waals surface area contributed by atoms with Crippen LogP contribution in [0.2, 0.25) is 0 Å². The van der Waals surface area contributed by atoms with E-state index < -0.39 is 45.8 Å². The molecule has 1 aromatic carbocycles. The molecule has 0 aliphatic carbocycles. The van der Waals surface area contributed by atoms with Gasteiger partial charge in [0.05, 0.1) is 5.56 Å². The second-order valence-electron chi connectivity index (χ2n) is 3.90. The van der Waals surface area contributed by atoms with Crippen LogP contribution in [0.4, 0.5) is 39.5 Å². The Kier molecular flexibility index (Phi) is 4.34. The zero-order valence-electron chi connectivity index (χ0n) is 9.46. The molecule has 0 unspecified atom stereocenters. The quantitative estimate of drug-likeness (QED) is 0.684. The number of hydrogen-bond donors (Lipinski definition) is 1. The van der Waals surface area contributed by atoms with Crippen molar-refractivity contribution < 1.29 is 44.6 Å². The van der Waals surface area contributed by atoms with Crippen molar-refractivity contribution in [2.24, 2.45) is 0 Å². The SMILES string of the molecule is OC(c1cc(C(F)(F)F)ccc1Br)(C(F)(F)F)C(F)(F)F. The third-order valence-corrected chi connectivity index (χ3v) is 3.20. The Hall–Kier alpha value is -0.970. The second kappa shape index (κ2) is 5.04. The molecule has 0 atom stereocenters. The van der Waals surface area contributed by atoms with E-state index in [-0.39, 0.29) is 6.07 Å². The molecule has 120 valence electrons. The lowest BCUT2D eigenvalue weighted by atomic mass is 9.91. The predicted octanol–water partition coefficient (Wildman–Crippen LogP) is 4.78. The maximum atomic E-state index is 12.6. The molecule has 1 rings (SSSR count). The first kappa shape index (κ1) is 18.1. The van der Waals surface area contributed by atoms with Crippen molar-refractivity contribution in [1.82, 2.24) is 0 Å². The van der Waals surface area contributed by atoms with Crippen LogP contribution in [0.1, 0.15) is 11.1 Å². The summed E-state index contributed by atoms with van der Waals surface area (Å²) >= 11 is 2.29. The highest BCUT2D eigenvalue weighted by Gasteiger charge is 2.72. The molecule has 0 amide bonds. The first-order valence-corrected chi connectivity index (χ1v) is 5.64. The van der Waals surface area contributed by atoms with E-state index in [2.05, 4.69) is 15.9 Å². The Morgan fingerprint density at radius 3 is 1.57 bits per heavy atom. The van der Waals surface area contributed by atoms with E-state index in [1.54, 1.807) is 0 Å². The summed E-state index contributed by atoms with van der Waals surface area (Å²) < 4.78 is 112. The van der Waals surface area contributed by atoms with Gasteiger partial charge in [-0.15, -0.1) is 0 Å². The Bertz CT molecular complexity index is 515. The van der Waals surface area contributed by atoms with Crippen LogP contribution in [0.15, 0.2) is 22.7 Å². The number of aliphatic hydroxyl groups is 1. The lowest BCUT2D eigenvalue weighted by molar-refractivity contribution is -0.376. The lowest BCUT2D eigenvalue weighted by Crippen LogP contribution is -2.54. The van der Waals surface area contributed by atoms with E-state index in [0.717, 1.165) is 0 Å². The van der Waals surface area contributed by atoms with Crippen LogP contribution < -0.4 is 0 Å². The van der Waals surface area contributed by atoms with Crippen molar-refractivity contribution in [3.8, 4) is 0 Å². The molecule has 0 aliphatic rings. The van der Waals surface area contributed by atoms with Gasteiger partial charge in [-0.05, 0) is 18.2 Å². The fraction of sp³-hybridized carbons (Fsp3) is 0.400. The van der Waals surface area contributed by atoms with Gasteiger partial charge in [0, 0.05) is 10.0 Å². The minimum absolute atomic E-state index is 0.279. The molecule has 0 heterocycles. The number of halogens is 10. The maximum Gasteiger partial charge on any atom is 0.430 e. The molecule has 0 spiro atoms. The van der Waals surface area contributed by atoms with Gasteiger partial charge in [0.2, 0.25) is 0 Å². The highest BCUT2D eigenvalue weighted by atomic mass is 79.9. The molecule has 1 nitrogen and oxygen atoms in total. The summed E-state index contributed by atoms with van der Waals surface area (Å²) in [6.45, 7) is 0. The Morgan fingerprint density at radius 2 is 1.24 bits per heavy atom. The van der Waals surface area contributed by atoms with Crippen LogP contribution in [0.5, 0.6) is 0 Å². The highest BCUT2D eigenvalue weighted by molar-refractivity contribution is 9.10. The molecule has 0 saturated heterocycles. The van der Waals surface area contributed by atoms with Crippen LogP contribution >= 0.6 is 15.9 Å². The summed E-state index contributed by atoms with van der Waals surface area (Å²) in [7, 11) is 0. The van der Waals surface area contributed by atoms with E-state index in [4.69, 9.17) is 5.11 Å². The number of hydrogen-bond acceptors (Lipinski definition) is 1. The predicted molar refractivity (Wildman–Crippen MR) is 55.2 cm³/mol. The zero-order valence-corrected chi connectivity index (χ0v) is 11.0. The molecule has 0 bridgehead atoms. The standard InChI is InChI=1S/C10H4BrF9O/c11-6-2-1-4(8(12,13)14)3-5(6)7(21,9(15,16)17)10(18,19)20/h1-3,21H. The third kappa shape index (κ3) is 3.12. The average molecular weight is 391 g/mol. The molecule has 0 radical (unpaired) electrons. The van der Waals surface area contributed by atoms with Gasteiger partial charge >= 0.3 is 18.5 Å². The van der Waals surface area contributed by atoms with E-state index >= 15 is 0 Å². The molecule has 0 fully saturated rings. The normalized spacial score (nSPS) is 14.4. The fourth-order valence-corrected chi connectivity index (χ4v) is 1.98. The average Bonchev–Trinajstić information content (AvgIpc) is 2.23. The smallest absolute Gasteiger partial charge is 0.369 e. The van der Waals surface area contributed by atoms with Gasteiger partial charge < -0.3 is 5.11 Å². The minimum Gasteiger partial charge on any atom is -0.369 e. The number of rotatable bonds is 1. The molecular weight excluding hydrogens is 387 g/mol. The van der Waals surface area contributed by atoms with Gasteiger partial charge in [-0.25, -0.2) is 0 Å². The van der Waals surface area contributed by atoms with Crippen molar-refractivity contribution in [2.45, 2.75) is 24.1 Å². The number of alkyl halides is 9. The summed E-state index contributed by atoms with van der Waals surface area (Å²) in [4.78, 5) is 0. The van der Waals surface area contributed by atoms with Gasteiger partial charge in [0.15, 0.2) is 0 Å². The van der Waals surface area contributed by atoms with Gasteiger partial charge in [0.1, 0.15) is 0 Å². The van der Waals surface area contributed by atoms with Crippen LogP contribution in [0, 0.1) is 0 Å². The summed E-state index contributed by atoms with van der Waals surface area (Å²) in [5.74, 6) is 0. The molecule has 1 N–H and O–H groups in total. The third-order valence-electron chi connectivity index (χ3n) is 2.50. The van der Waals surface area contributed by atoms with Gasteiger partial charge in [-0.1, -0.05) is 15.9 Å². The molecule has 0 aromatic heterocycles. The van der Waals surface area contributed by atoms with Gasteiger partial charge in [-0.2, -0.15) is 39.5 Å². The van der Waals surface area contributed by atoms with Crippen LogP contribution in [-0.4, -0.2) is 17.5 Å². The molecule has 21 heavy (non-hydrogen) atoms. The summed E-state index contributed by atoms with van der Waals surface area (Å²) in [5, 5.41) is 9.08. The van der Waals surface area contributed by atoms with Crippen LogP contribution in [-0.2, 0) is 11.8 Å². The Labute approximate surface area is 119 Å². The highest BCUT2D eigenvalue weighted by Crippen LogP contribution is 2.52. The number of benzene rings is 1. The first-order chi connectivity index (χ1) is 9.12. The lowest BCUT2D eigenvalue weighted by Gasteiger charge is -2.33. The van der Waals surface area contributed by atoms with Gasteiger partial charge in [-0.3, -0.25) is 0 Å². The first-order valence-electron chi connectivity index (χ1n) is 4.85. The van der Waals surface area contributed by atoms with Crippen molar-refractivity contribution >= 4 is 15.9 Å². The van der Waals surface area contributed by atoms with Crippen LogP contribution in [0.25, 0.3) is 0 Å². The van der Waals surface area contributed by atoms with Gasteiger partial charge in [0.25, 0.3) is 5.60 Å². The monoisotopic (exact) mass is 390 g/mol. The van der Waals surface area contributed by atoms with E-state index in [0.29, 0.717) is 6.07 Å². The molecule has 1 aromatic rings. The largest absolute Gasteiger partial charge is 0.430 e. The molecular formula is C10H4BrF9O. The fourth-order valence-electron chi connectivity index (χ4n) is 1.44. The molecule has 0 saturated carbocycles. The Morgan fingerprint density at radius 1 is 0.810 bits per heavy atom. The van der Waals surface area contributed by atoms with E-state index in [9.17, 15) is 39.5 Å². The molecule has 11 heteroatoms. The maximum absolute atomic E-state index is 12.6. The van der Waals surface area contributed by atoms with Crippen molar-refractivity contribution in [3.05, 3.63) is 33.8 Å². The minimum atomic E-state index is -6.27. The zero-order chi connectivity index (χ0) is 16.9. The summed E-state index contributed by atoms with van der Waals surface area (Å²) in [6, 6.07) is 0.229. The molecule has 0 aliphatic heterocycles. The van der Waals surface area contributed by atoms with Crippen LogP contribution in [0.3, 0.4) is 0 Å². The van der Waals surface area contributed by atoms with E-state index in [1.165, 1.54) is 0 Å². The summed E-state index contributed by atoms with van der Waals surface area (Å²) in [6.07, 6.45) is -17.7. The van der Waals surface area contributed by atoms with Crippen molar-refractivity contribution in [2.75, 3.05) is 0 Å². The van der Waals surface area contributed by atoms with Crippen molar-refractivity contribution in [1.29, 1.82) is 0 Å². The van der Waals surface area contributed by atoms with E-state index in [1.807, 2.05) is 0 Å². The summed E-state index contributed by atoms with van der Waals surface area (Å²) in [5.41, 5.74) is -9.18. The Balaban J connectivity index is 3.69.